The fourth-order valence-corrected chi connectivity index (χ4v) is 1.77. The van der Waals surface area contributed by atoms with Crippen molar-refractivity contribution in [2.75, 3.05) is 7.05 Å². The molecule has 1 amide bonds. The molecule has 0 aromatic rings. The number of ketones is 1. The number of nitrogens with one attached hydrogen (secondary N) is 1. The number of nitrogens with zero attached hydrogens (tertiary/aromatic N) is 1. The van der Waals surface area contributed by atoms with E-state index in [1.54, 1.807) is 18.9 Å². The van der Waals surface area contributed by atoms with Crippen molar-refractivity contribution in [3.8, 4) is 0 Å². The Hall–Kier alpha value is -0.900. The minimum Gasteiger partial charge on any atom is -0.329 e. The summed E-state index contributed by atoms with van der Waals surface area (Å²) in [7, 11) is 1.77. The second kappa shape index (κ2) is 6.63. The molecule has 0 aromatic carbocycles. The standard InChI is InChI=1S/C12H24N2O2/c1-7-11(13-6)12(16)14(8(2)3)9(4)10(5)15/h8-9,11,13H,7H2,1-6H3. The molecule has 16 heavy (non-hydrogen) atoms. The molecule has 0 bridgehead atoms. The average Bonchev–Trinajstić information content (AvgIpc) is 2.18. The van der Waals surface area contributed by atoms with E-state index in [0.717, 1.165) is 6.42 Å². The van der Waals surface area contributed by atoms with Crippen LogP contribution >= 0.6 is 0 Å². The number of hydrogen-bond donors (Lipinski definition) is 1. The van der Waals surface area contributed by atoms with Crippen LogP contribution in [0.15, 0.2) is 0 Å². The van der Waals surface area contributed by atoms with Gasteiger partial charge in [0.2, 0.25) is 5.91 Å². The van der Waals surface area contributed by atoms with Gasteiger partial charge in [-0.3, -0.25) is 9.59 Å². The van der Waals surface area contributed by atoms with E-state index in [9.17, 15) is 9.59 Å². The number of likely N-dealkylation sites (N-methyl/N-ethyl adjacent to an activating group) is 1. The van der Waals surface area contributed by atoms with Gasteiger partial charge in [-0.05, 0) is 41.2 Å². The van der Waals surface area contributed by atoms with Crippen LogP contribution in [0.3, 0.4) is 0 Å². The second-order valence-corrected chi connectivity index (χ2v) is 4.38. The topological polar surface area (TPSA) is 49.4 Å². The van der Waals surface area contributed by atoms with Gasteiger partial charge in [0.25, 0.3) is 0 Å². The number of Topliss-reactive ketones (excluding diaryl/α,β-unsaturated/α-hetero) is 1. The van der Waals surface area contributed by atoms with E-state index >= 15 is 0 Å². The van der Waals surface area contributed by atoms with Gasteiger partial charge in [0.15, 0.2) is 5.78 Å². The summed E-state index contributed by atoms with van der Waals surface area (Å²) in [4.78, 5) is 25.2. The predicted molar refractivity (Wildman–Crippen MR) is 65.3 cm³/mol. The van der Waals surface area contributed by atoms with Crippen molar-refractivity contribution in [3.63, 3.8) is 0 Å². The Kier molecular flexibility index (Phi) is 6.26. The summed E-state index contributed by atoms with van der Waals surface area (Å²) in [6.45, 7) is 9.12. The maximum absolute atomic E-state index is 12.2. The van der Waals surface area contributed by atoms with Gasteiger partial charge in [0.1, 0.15) is 0 Å². The van der Waals surface area contributed by atoms with E-state index in [2.05, 4.69) is 5.32 Å². The van der Waals surface area contributed by atoms with Crippen LogP contribution in [0.4, 0.5) is 0 Å². The third kappa shape index (κ3) is 3.59. The first-order valence-electron chi connectivity index (χ1n) is 5.86. The van der Waals surface area contributed by atoms with Crippen molar-refractivity contribution in [1.29, 1.82) is 0 Å². The number of carbonyl (C=O) groups is 2. The van der Waals surface area contributed by atoms with Crippen LogP contribution in [-0.2, 0) is 9.59 Å². The van der Waals surface area contributed by atoms with E-state index < -0.39 is 0 Å². The van der Waals surface area contributed by atoms with Crippen LogP contribution < -0.4 is 5.32 Å². The molecule has 0 heterocycles. The quantitative estimate of drug-likeness (QED) is 0.743. The van der Waals surface area contributed by atoms with Gasteiger partial charge in [-0.15, -0.1) is 0 Å². The Morgan fingerprint density at radius 1 is 1.25 bits per heavy atom. The molecular formula is C12H24N2O2. The molecule has 4 nitrogen and oxygen atoms in total. The van der Waals surface area contributed by atoms with Gasteiger partial charge < -0.3 is 10.2 Å². The minimum absolute atomic E-state index is 0.00250. The Balaban J connectivity index is 4.91. The molecule has 0 aliphatic carbocycles. The smallest absolute Gasteiger partial charge is 0.240 e. The minimum atomic E-state index is -0.352. The van der Waals surface area contributed by atoms with E-state index in [1.807, 2.05) is 20.8 Å². The summed E-state index contributed by atoms with van der Waals surface area (Å²) in [5.41, 5.74) is 0. The molecule has 2 atom stereocenters. The summed E-state index contributed by atoms with van der Waals surface area (Å²) < 4.78 is 0. The first-order chi connectivity index (χ1) is 7.36. The highest BCUT2D eigenvalue weighted by Crippen LogP contribution is 2.10. The fraction of sp³-hybridized carbons (Fsp3) is 0.833. The van der Waals surface area contributed by atoms with Gasteiger partial charge in [0, 0.05) is 6.04 Å². The number of hydrogen-bond acceptors (Lipinski definition) is 3. The summed E-state index contributed by atoms with van der Waals surface area (Å²) in [5, 5.41) is 2.98. The monoisotopic (exact) mass is 228 g/mol. The van der Waals surface area contributed by atoms with Crippen molar-refractivity contribution >= 4 is 11.7 Å². The van der Waals surface area contributed by atoms with Crippen LogP contribution in [-0.4, -0.2) is 41.8 Å². The molecule has 4 heteroatoms. The highest BCUT2D eigenvalue weighted by molar-refractivity contribution is 5.89. The molecule has 0 aliphatic rings. The zero-order valence-electron chi connectivity index (χ0n) is 11.2. The summed E-state index contributed by atoms with van der Waals surface area (Å²) in [6.07, 6.45) is 0.725. The Morgan fingerprint density at radius 3 is 2.00 bits per heavy atom. The van der Waals surface area contributed by atoms with E-state index in [4.69, 9.17) is 0 Å². The zero-order chi connectivity index (χ0) is 12.9. The molecule has 2 unspecified atom stereocenters. The molecule has 0 saturated heterocycles. The van der Waals surface area contributed by atoms with E-state index in [0.29, 0.717) is 0 Å². The van der Waals surface area contributed by atoms with Crippen LogP contribution in [0.5, 0.6) is 0 Å². The molecule has 0 saturated carbocycles. The average molecular weight is 228 g/mol. The van der Waals surface area contributed by atoms with E-state index in [1.165, 1.54) is 6.92 Å². The molecule has 0 aliphatic heterocycles. The lowest BCUT2D eigenvalue weighted by Gasteiger charge is -2.34. The second-order valence-electron chi connectivity index (χ2n) is 4.38. The molecule has 0 fully saturated rings. The SMILES string of the molecule is CCC(NC)C(=O)N(C(C)C)C(C)C(C)=O. The van der Waals surface area contributed by atoms with Crippen molar-refractivity contribution in [2.45, 2.75) is 59.2 Å². The van der Waals surface area contributed by atoms with Crippen molar-refractivity contribution < 1.29 is 9.59 Å². The van der Waals surface area contributed by atoms with Gasteiger partial charge >= 0.3 is 0 Å². The zero-order valence-corrected chi connectivity index (χ0v) is 11.2. The molecule has 0 aromatic heterocycles. The first-order valence-corrected chi connectivity index (χ1v) is 5.86. The van der Waals surface area contributed by atoms with Crippen molar-refractivity contribution in [1.82, 2.24) is 10.2 Å². The molecule has 0 rings (SSSR count). The highest BCUT2D eigenvalue weighted by atomic mass is 16.2. The van der Waals surface area contributed by atoms with Gasteiger partial charge in [0.05, 0.1) is 12.1 Å². The molecule has 0 spiro atoms. The van der Waals surface area contributed by atoms with Crippen molar-refractivity contribution in [2.24, 2.45) is 0 Å². The molecule has 94 valence electrons. The van der Waals surface area contributed by atoms with Crippen LogP contribution in [0.25, 0.3) is 0 Å². The molecular weight excluding hydrogens is 204 g/mol. The Morgan fingerprint density at radius 2 is 1.75 bits per heavy atom. The highest BCUT2D eigenvalue weighted by Gasteiger charge is 2.29. The van der Waals surface area contributed by atoms with Crippen LogP contribution in [0.2, 0.25) is 0 Å². The lowest BCUT2D eigenvalue weighted by molar-refractivity contribution is -0.142. The summed E-state index contributed by atoms with van der Waals surface area (Å²) in [5.74, 6) is 0.0238. The number of amides is 1. The third-order valence-electron chi connectivity index (χ3n) is 2.87. The fourth-order valence-electron chi connectivity index (χ4n) is 1.77. The largest absolute Gasteiger partial charge is 0.329 e. The van der Waals surface area contributed by atoms with Crippen molar-refractivity contribution in [3.05, 3.63) is 0 Å². The van der Waals surface area contributed by atoms with E-state index in [-0.39, 0.29) is 29.8 Å². The first kappa shape index (κ1) is 15.1. The summed E-state index contributed by atoms with van der Waals surface area (Å²) >= 11 is 0. The number of carbonyl (C=O) groups excluding carboxylic acids is 2. The van der Waals surface area contributed by atoms with Crippen LogP contribution in [0, 0.1) is 0 Å². The van der Waals surface area contributed by atoms with Gasteiger partial charge in [-0.2, -0.15) is 0 Å². The maximum atomic E-state index is 12.2. The molecule has 1 N–H and O–H groups in total. The molecule has 0 radical (unpaired) electrons. The lowest BCUT2D eigenvalue weighted by atomic mass is 10.1. The van der Waals surface area contributed by atoms with Crippen LogP contribution in [0.1, 0.15) is 41.0 Å². The predicted octanol–water partition coefficient (Wildman–Crippen LogP) is 1.20. The Labute approximate surface area is 98.4 Å². The van der Waals surface area contributed by atoms with Gasteiger partial charge in [-0.25, -0.2) is 0 Å². The van der Waals surface area contributed by atoms with Gasteiger partial charge in [-0.1, -0.05) is 6.92 Å². The summed E-state index contributed by atoms with van der Waals surface area (Å²) in [6, 6.07) is -0.520. The normalized spacial score (nSPS) is 14.7. The maximum Gasteiger partial charge on any atom is 0.240 e. The Bertz CT molecular complexity index is 247. The third-order valence-corrected chi connectivity index (χ3v) is 2.87. The lowest BCUT2D eigenvalue weighted by Crippen LogP contribution is -2.53. The number of rotatable bonds is 6.